The maximum Gasteiger partial charge on any atom is 0.271 e. The van der Waals surface area contributed by atoms with Crippen LogP contribution in [0, 0.1) is 10.1 Å². The monoisotopic (exact) mass is 311 g/mol. The molecule has 8 heteroatoms. The quantitative estimate of drug-likeness (QED) is 0.669. The van der Waals surface area contributed by atoms with E-state index in [1.807, 2.05) is 7.05 Å². The van der Waals surface area contributed by atoms with Crippen molar-refractivity contribution in [3.05, 3.63) is 28.3 Å². The van der Waals surface area contributed by atoms with E-state index in [0.717, 1.165) is 37.4 Å². The summed E-state index contributed by atoms with van der Waals surface area (Å²) in [7, 11) is 2.00. The number of anilines is 1. The van der Waals surface area contributed by atoms with Gasteiger partial charge in [-0.05, 0) is 25.5 Å². The molecule has 0 aliphatic carbocycles. The highest BCUT2D eigenvalue weighted by atomic mass is 35.5. The third kappa shape index (κ3) is 3.08. The van der Waals surface area contributed by atoms with Crippen LogP contribution in [0.5, 0.6) is 0 Å². The fourth-order valence-corrected chi connectivity index (χ4v) is 2.60. The Morgan fingerprint density at radius 1 is 1.48 bits per heavy atom. The van der Waals surface area contributed by atoms with Gasteiger partial charge in [0.1, 0.15) is 0 Å². The van der Waals surface area contributed by atoms with E-state index in [-0.39, 0.29) is 18.1 Å². The number of nitrogens with one attached hydrogen (secondary N) is 2. The number of rotatable bonds is 3. The number of aromatic amines is 1. The minimum Gasteiger partial charge on any atom is -0.341 e. The van der Waals surface area contributed by atoms with Gasteiger partial charge in [-0.15, -0.1) is 12.4 Å². The van der Waals surface area contributed by atoms with E-state index in [1.54, 1.807) is 6.07 Å². The minimum atomic E-state index is -0.394. The Labute approximate surface area is 128 Å². The number of piperidine rings is 1. The molecule has 1 aliphatic rings. The van der Waals surface area contributed by atoms with Crippen LogP contribution in [0.15, 0.2) is 18.2 Å². The molecule has 1 saturated heterocycles. The number of likely N-dealkylation sites (N-methyl/N-ethyl adjacent to an activating group) is 1. The third-order valence-corrected chi connectivity index (χ3v) is 3.82. The maximum atomic E-state index is 10.8. The zero-order valence-corrected chi connectivity index (χ0v) is 12.5. The Morgan fingerprint density at radius 2 is 2.29 bits per heavy atom. The molecule has 21 heavy (non-hydrogen) atoms. The van der Waals surface area contributed by atoms with Crippen molar-refractivity contribution >= 4 is 35.1 Å². The maximum absolute atomic E-state index is 10.8. The molecule has 0 spiro atoms. The van der Waals surface area contributed by atoms with Gasteiger partial charge in [0.25, 0.3) is 5.69 Å². The van der Waals surface area contributed by atoms with Crippen LogP contribution in [0.25, 0.3) is 11.0 Å². The second-order valence-corrected chi connectivity index (χ2v) is 5.13. The van der Waals surface area contributed by atoms with E-state index in [1.165, 1.54) is 12.1 Å². The van der Waals surface area contributed by atoms with Crippen molar-refractivity contribution in [2.75, 3.05) is 25.0 Å². The summed E-state index contributed by atoms with van der Waals surface area (Å²) in [5.74, 6) is 0.759. The zero-order valence-electron chi connectivity index (χ0n) is 11.7. The summed E-state index contributed by atoms with van der Waals surface area (Å²) in [6, 6.07) is 5.09. The van der Waals surface area contributed by atoms with E-state index >= 15 is 0 Å². The van der Waals surface area contributed by atoms with E-state index in [0.29, 0.717) is 11.6 Å². The van der Waals surface area contributed by atoms with Crippen LogP contribution >= 0.6 is 12.4 Å². The summed E-state index contributed by atoms with van der Waals surface area (Å²) in [5.41, 5.74) is 1.53. The van der Waals surface area contributed by atoms with Crippen LogP contribution in [0.1, 0.15) is 12.8 Å². The lowest BCUT2D eigenvalue weighted by molar-refractivity contribution is -0.384. The first-order valence-electron chi connectivity index (χ1n) is 6.73. The molecule has 1 fully saturated rings. The lowest BCUT2D eigenvalue weighted by atomic mass is 10.1. The molecular weight excluding hydrogens is 294 g/mol. The topological polar surface area (TPSA) is 87.1 Å². The lowest BCUT2D eigenvalue weighted by Crippen LogP contribution is -2.44. The smallest absolute Gasteiger partial charge is 0.271 e. The summed E-state index contributed by atoms with van der Waals surface area (Å²) in [4.78, 5) is 20.2. The number of nitro groups is 1. The molecule has 2 aromatic rings. The highest BCUT2D eigenvalue weighted by Crippen LogP contribution is 2.23. The van der Waals surface area contributed by atoms with Crippen LogP contribution < -0.4 is 10.2 Å². The SMILES string of the molecule is CN(c1nc2ccc([N+](=O)[O-])cc2[nH]1)[C@@H]1CCCNC1.Cl. The van der Waals surface area contributed by atoms with Gasteiger partial charge in [0, 0.05) is 31.8 Å². The van der Waals surface area contributed by atoms with Crippen molar-refractivity contribution in [1.29, 1.82) is 0 Å². The number of nitrogens with zero attached hydrogens (tertiary/aromatic N) is 3. The minimum absolute atomic E-state index is 0. The fourth-order valence-electron chi connectivity index (χ4n) is 2.60. The first-order chi connectivity index (χ1) is 9.65. The Bertz CT molecular complexity index is 639. The van der Waals surface area contributed by atoms with E-state index < -0.39 is 4.92 Å². The van der Waals surface area contributed by atoms with Gasteiger partial charge < -0.3 is 15.2 Å². The van der Waals surface area contributed by atoms with E-state index in [2.05, 4.69) is 20.2 Å². The average molecular weight is 312 g/mol. The number of hydrogen-bond acceptors (Lipinski definition) is 5. The summed E-state index contributed by atoms with van der Waals surface area (Å²) in [6.45, 7) is 2.00. The third-order valence-electron chi connectivity index (χ3n) is 3.82. The van der Waals surface area contributed by atoms with Crippen LogP contribution in [0.2, 0.25) is 0 Å². The van der Waals surface area contributed by atoms with Gasteiger partial charge in [-0.25, -0.2) is 4.98 Å². The van der Waals surface area contributed by atoms with Crippen molar-refractivity contribution in [1.82, 2.24) is 15.3 Å². The molecule has 2 N–H and O–H groups in total. The van der Waals surface area contributed by atoms with Crippen LogP contribution in [-0.2, 0) is 0 Å². The molecule has 114 valence electrons. The van der Waals surface area contributed by atoms with E-state index in [9.17, 15) is 10.1 Å². The molecule has 0 bridgehead atoms. The molecule has 0 unspecified atom stereocenters. The van der Waals surface area contributed by atoms with Gasteiger partial charge in [-0.3, -0.25) is 10.1 Å². The molecule has 0 amide bonds. The van der Waals surface area contributed by atoms with Gasteiger partial charge >= 0.3 is 0 Å². The molecule has 1 aromatic carbocycles. The van der Waals surface area contributed by atoms with Crippen molar-refractivity contribution in [3.8, 4) is 0 Å². The van der Waals surface area contributed by atoms with Gasteiger partial charge in [0.2, 0.25) is 5.95 Å². The zero-order chi connectivity index (χ0) is 14.1. The van der Waals surface area contributed by atoms with Crippen molar-refractivity contribution in [2.24, 2.45) is 0 Å². The number of fused-ring (bicyclic) bond motifs is 1. The number of hydrogen-bond donors (Lipinski definition) is 2. The normalized spacial score (nSPS) is 18.2. The molecule has 1 atom stereocenters. The second-order valence-electron chi connectivity index (χ2n) is 5.13. The van der Waals surface area contributed by atoms with Crippen molar-refractivity contribution in [3.63, 3.8) is 0 Å². The Morgan fingerprint density at radius 3 is 2.95 bits per heavy atom. The van der Waals surface area contributed by atoms with E-state index in [4.69, 9.17) is 0 Å². The Hall–Kier alpha value is -1.86. The summed E-state index contributed by atoms with van der Waals surface area (Å²) < 4.78 is 0. The number of aromatic nitrogens is 2. The van der Waals surface area contributed by atoms with Crippen molar-refractivity contribution < 1.29 is 4.92 Å². The summed E-state index contributed by atoms with van der Waals surface area (Å²) in [6.07, 6.45) is 2.28. The van der Waals surface area contributed by atoms with Gasteiger partial charge in [0.15, 0.2) is 0 Å². The molecular formula is C13H18ClN5O2. The largest absolute Gasteiger partial charge is 0.341 e. The van der Waals surface area contributed by atoms with Crippen molar-refractivity contribution in [2.45, 2.75) is 18.9 Å². The first-order valence-corrected chi connectivity index (χ1v) is 6.73. The highest BCUT2D eigenvalue weighted by Gasteiger charge is 2.20. The van der Waals surface area contributed by atoms with Gasteiger partial charge in [-0.2, -0.15) is 0 Å². The van der Waals surface area contributed by atoms with Crippen LogP contribution in [0.3, 0.4) is 0 Å². The molecule has 3 rings (SSSR count). The molecule has 0 saturated carbocycles. The molecule has 0 radical (unpaired) electrons. The van der Waals surface area contributed by atoms with Gasteiger partial charge in [0.05, 0.1) is 16.0 Å². The predicted octanol–water partition coefficient (Wildman–Crippen LogP) is 2.08. The first kappa shape index (κ1) is 15.5. The molecule has 2 heterocycles. The summed E-state index contributed by atoms with van der Waals surface area (Å²) in [5, 5.41) is 14.2. The summed E-state index contributed by atoms with van der Waals surface area (Å²) >= 11 is 0. The lowest BCUT2D eigenvalue weighted by Gasteiger charge is -2.31. The highest BCUT2D eigenvalue weighted by molar-refractivity contribution is 5.85. The number of non-ortho nitro benzene ring substituents is 1. The second kappa shape index (κ2) is 6.28. The number of halogens is 1. The molecule has 1 aliphatic heterocycles. The van der Waals surface area contributed by atoms with Crippen LogP contribution in [0.4, 0.5) is 11.6 Å². The van der Waals surface area contributed by atoms with Gasteiger partial charge in [-0.1, -0.05) is 0 Å². The standard InChI is InChI=1S/C13H17N5O2.ClH/c1-17(10-3-2-6-14-8-10)13-15-11-5-4-9(18(19)20)7-12(11)16-13;/h4-5,7,10,14H,2-3,6,8H2,1H3,(H,15,16);1H/t10-;/m1./s1. The Kier molecular flexibility index (Phi) is 4.64. The fraction of sp³-hybridized carbons (Fsp3) is 0.462. The number of nitro benzene ring substituents is 1. The number of H-pyrrole nitrogens is 1. The predicted molar refractivity (Wildman–Crippen MR) is 84.3 cm³/mol. The number of imidazole rings is 1. The Balaban J connectivity index is 0.00000161. The molecule has 1 aromatic heterocycles. The number of benzene rings is 1. The van der Waals surface area contributed by atoms with Crippen LogP contribution in [-0.4, -0.2) is 41.1 Å². The molecule has 7 nitrogen and oxygen atoms in total. The average Bonchev–Trinajstić information content (AvgIpc) is 2.90.